The first-order chi connectivity index (χ1) is 10.1. The maximum Gasteiger partial charge on any atom is 0.257 e. The third kappa shape index (κ3) is 4.44. The molecular weight excluding hydrogens is 285 g/mol. The van der Waals surface area contributed by atoms with E-state index in [1.54, 1.807) is 0 Å². The summed E-state index contributed by atoms with van der Waals surface area (Å²) < 4.78 is 45.1. The molecule has 7 heteroatoms. The average Bonchev–Trinajstić information content (AvgIpc) is 2.43. The van der Waals surface area contributed by atoms with E-state index in [1.165, 1.54) is 0 Å². The predicted octanol–water partition coefficient (Wildman–Crippen LogP) is 1.60. The Labute approximate surface area is 120 Å². The molecule has 1 fully saturated rings. The molecule has 0 bridgehead atoms. The number of halogens is 3. The van der Waals surface area contributed by atoms with E-state index in [0.29, 0.717) is 12.1 Å². The molecule has 1 aromatic carbocycles. The molecule has 2 N–H and O–H groups in total. The molecule has 0 aromatic heterocycles. The molecule has 0 radical (unpaired) electrons. The highest BCUT2D eigenvalue weighted by atomic mass is 19.1. The fraction of sp³-hybridized carbons (Fsp3) is 0.500. The summed E-state index contributed by atoms with van der Waals surface area (Å²) in [5.41, 5.74) is -0.779. The molecule has 0 unspecified atom stereocenters. The highest BCUT2D eigenvalue weighted by Gasteiger charge is 2.19. The maximum absolute atomic E-state index is 13.4. The Morgan fingerprint density at radius 2 is 1.86 bits per heavy atom. The van der Waals surface area contributed by atoms with Gasteiger partial charge < -0.3 is 15.4 Å². The lowest BCUT2D eigenvalue weighted by Gasteiger charge is -2.22. The topological polar surface area (TPSA) is 50.4 Å². The van der Waals surface area contributed by atoms with Crippen LogP contribution in [0.15, 0.2) is 12.1 Å². The van der Waals surface area contributed by atoms with Gasteiger partial charge in [-0.15, -0.1) is 0 Å². The molecule has 1 amide bonds. The Morgan fingerprint density at radius 3 is 2.48 bits per heavy atom. The number of hydrogen-bond acceptors (Lipinski definition) is 3. The van der Waals surface area contributed by atoms with Crippen molar-refractivity contribution in [3.05, 3.63) is 35.1 Å². The van der Waals surface area contributed by atoms with Crippen molar-refractivity contribution in [1.29, 1.82) is 0 Å². The van der Waals surface area contributed by atoms with Crippen molar-refractivity contribution >= 4 is 5.91 Å². The first-order valence-corrected chi connectivity index (χ1v) is 6.83. The summed E-state index contributed by atoms with van der Waals surface area (Å²) in [4.78, 5) is 11.7. The van der Waals surface area contributed by atoms with Gasteiger partial charge in [0.1, 0.15) is 23.0 Å². The molecule has 0 aliphatic carbocycles. The lowest BCUT2D eigenvalue weighted by atomic mass is 10.1. The number of amides is 1. The Morgan fingerprint density at radius 1 is 1.24 bits per heavy atom. The zero-order chi connectivity index (χ0) is 15.2. The number of carbonyl (C=O) groups is 1. The van der Waals surface area contributed by atoms with Crippen molar-refractivity contribution in [3.8, 4) is 0 Å². The Bertz CT molecular complexity index is 482. The van der Waals surface area contributed by atoms with Gasteiger partial charge in [0.2, 0.25) is 0 Å². The molecule has 4 nitrogen and oxygen atoms in total. The van der Waals surface area contributed by atoms with Gasteiger partial charge in [0.05, 0.1) is 12.7 Å². The second-order valence-corrected chi connectivity index (χ2v) is 4.82. The van der Waals surface area contributed by atoms with E-state index in [1.807, 2.05) is 0 Å². The van der Waals surface area contributed by atoms with Gasteiger partial charge in [-0.1, -0.05) is 0 Å². The number of rotatable bonds is 5. The van der Waals surface area contributed by atoms with Crippen molar-refractivity contribution in [3.63, 3.8) is 0 Å². The van der Waals surface area contributed by atoms with Crippen molar-refractivity contribution in [1.82, 2.24) is 10.6 Å². The molecule has 1 aromatic rings. The molecule has 2 rings (SSSR count). The minimum Gasteiger partial charge on any atom is -0.376 e. The zero-order valence-electron chi connectivity index (χ0n) is 11.4. The Balaban J connectivity index is 1.79. The molecular formula is C14H17F3N2O2. The predicted molar refractivity (Wildman–Crippen MR) is 70.5 cm³/mol. The fourth-order valence-electron chi connectivity index (χ4n) is 2.20. The quantitative estimate of drug-likeness (QED) is 0.812. The smallest absolute Gasteiger partial charge is 0.257 e. The minimum absolute atomic E-state index is 0.138. The number of ether oxygens (including phenoxy) is 1. The van der Waals surface area contributed by atoms with Crippen molar-refractivity contribution in [2.45, 2.75) is 18.9 Å². The first-order valence-electron chi connectivity index (χ1n) is 6.83. The summed E-state index contributed by atoms with van der Waals surface area (Å²) in [6, 6.07) is 0.951. The number of piperidine rings is 1. The summed E-state index contributed by atoms with van der Waals surface area (Å²) in [5.74, 6) is -4.41. The van der Waals surface area contributed by atoms with Crippen LogP contribution in [-0.4, -0.2) is 38.3 Å². The van der Waals surface area contributed by atoms with Crippen LogP contribution >= 0.6 is 0 Å². The van der Waals surface area contributed by atoms with Crippen LogP contribution in [0.2, 0.25) is 0 Å². The molecule has 0 spiro atoms. The van der Waals surface area contributed by atoms with Crippen LogP contribution in [-0.2, 0) is 4.74 Å². The summed E-state index contributed by atoms with van der Waals surface area (Å²) >= 11 is 0. The minimum atomic E-state index is -1.22. The van der Waals surface area contributed by atoms with Crippen LogP contribution in [0.1, 0.15) is 23.2 Å². The van der Waals surface area contributed by atoms with Crippen LogP contribution in [0.25, 0.3) is 0 Å². The van der Waals surface area contributed by atoms with E-state index in [4.69, 9.17) is 4.74 Å². The number of benzene rings is 1. The van der Waals surface area contributed by atoms with Crippen molar-refractivity contribution < 1.29 is 22.7 Å². The number of nitrogens with one attached hydrogen (secondary N) is 2. The van der Waals surface area contributed by atoms with E-state index < -0.39 is 28.9 Å². The highest BCUT2D eigenvalue weighted by molar-refractivity contribution is 5.94. The second kappa shape index (κ2) is 7.42. The lowest BCUT2D eigenvalue weighted by molar-refractivity contribution is 0.0343. The monoisotopic (exact) mass is 302 g/mol. The molecule has 0 atom stereocenters. The average molecular weight is 302 g/mol. The molecule has 0 saturated carbocycles. The number of carbonyl (C=O) groups excluding carboxylic acids is 1. The van der Waals surface area contributed by atoms with Crippen molar-refractivity contribution in [2.75, 3.05) is 26.2 Å². The zero-order valence-corrected chi connectivity index (χ0v) is 11.4. The molecule has 1 aliphatic heterocycles. The van der Waals surface area contributed by atoms with Crippen LogP contribution in [0.3, 0.4) is 0 Å². The van der Waals surface area contributed by atoms with Gasteiger partial charge in [-0.2, -0.15) is 0 Å². The highest BCUT2D eigenvalue weighted by Crippen LogP contribution is 2.14. The van der Waals surface area contributed by atoms with Gasteiger partial charge in [-0.3, -0.25) is 4.79 Å². The fourth-order valence-corrected chi connectivity index (χ4v) is 2.20. The van der Waals surface area contributed by atoms with E-state index in [9.17, 15) is 18.0 Å². The van der Waals surface area contributed by atoms with E-state index in [0.717, 1.165) is 25.9 Å². The second-order valence-electron chi connectivity index (χ2n) is 4.82. The van der Waals surface area contributed by atoms with Crippen LogP contribution in [0, 0.1) is 17.5 Å². The van der Waals surface area contributed by atoms with Gasteiger partial charge in [-0.25, -0.2) is 13.2 Å². The SMILES string of the molecule is O=C(NCCOC1CCNCC1)c1c(F)cc(F)cc1F. The van der Waals surface area contributed by atoms with Gasteiger partial charge >= 0.3 is 0 Å². The molecule has 1 saturated heterocycles. The van der Waals surface area contributed by atoms with Gasteiger partial charge in [0, 0.05) is 18.7 Å². The van der Waals surface area contributed by atoms with Crippen LogP contribution in [0.5, 0.6) is 0 Å². The normalized spacial score (nSPS) is 16.0. The molecule has 1 aliphatic rings. The Kier molecular flexibility index (Phi) is 5.58. The first kappa shape index (κ1) is 15.8. The van der Waals surface area contributed by atoms with E-state index >= 15 is 0 Å². The summed E-state index contributed by atoms with van der Waals surface area (Å²) in [6.07, 6.45) is 1.94. The maximum atomic E-state index is 13.4. The standard InChI is InChI=1S/C14H17F3N2O2/c15-9-7-11(16)13(12(17)8-9)14(20)19-5-6-21-10-1-3-18-4-2-10/h7-8,10,18H,1-6H2,(H,19,20). The molecule has 21 heavy (non-hydrogen) atoms. The summed E-state index contributed by atoms with van der Waals surface area (Å²) in [5, 5.41) is 5.56. The third-order valence-corrected chi connectivity index (χ3v) is 3.26. The number of hydrogen-bond donors (Lipinski definition) is 2. The lowest BCUT2D eigenvalue weighted by Crippen LogP contribution is -2.35. The summed E-state index contributed by atoms with van der Waals surface area (Å²) in [7, 11) is 0. The van der Waals surface area contributed by atoms with Crippen LogP contribution in [0.4, 0.5) is 13.2 Å². The van der Waals surface area contributed by atoms with E-state index in [-0.39, 0.29) is 19.3 Å². The summed E-state index contributed by atoms with van der Waals surface area (Å²) in [6.45, 7) is 2.19. The van der Waals surface area contributed by atoms with Gasteiger partial charge in [0.25, 0.3) is 5.91 Å². The van der Waals surface area contributed by atoms with Crippen molar-refractivity contribution in [2.24, 2.45) is 0 Å². The van der Waals surface area contributed by atoms with E-state index in [2.05, 4.69) is 10.6 Å². The third-order valence-electron chi connectivity index (χ3n) is 3.26. The van der Waals surface area contributed by atoms with Crippen LogP contribution < -0.4 is 10.6 Å². The molecule has 1 heterocycles. The largest absolute Gasteiger partial charge is 0.376 e. The molecule has 116 valence electrons. The van der Waals surface area contributed by atoms with Gasteiger partial charge in [-0.05, 0) is 25.9 Å². The van der Waals surface area contributed by atoms with Gasteiger partial charge in [0.15, 0.2) is 0 Å². The Hall–Kier alpha value is -1.60.